The highest BCUT2D eigenvalue weighted by Gasteiger charge is 2.33. The Labute approximate surface area is 168 Å². The zero-order valence-electron chi connectivity index (χ0n) is 18.1. The summed E-state index contributed by atoms with van der Waals surface area (Å²) >= 11 is 0. The van der Waals surface area contributed by atoms with E-state index in [0.29, 0.717) is 30.0 Å². The third-order valence-corrected chi connectivity index (χ3v) is 4.47. The van der Waals surface area contributed by atoms with Gasteiger partial charge >= 0.3 is 5.97 Å². The van der Waals surface area contributed by atoms with E-state index in [1.165, 1.54) is 0 Å². The maximum absolute atomic E-state index is 12.9. The molecular weight excluding hydrogens is 358 g/mol. The molecular formula is C22H35NO5. The summed E-state index contributed by atoms with van der Waals surface area (Å²) in [5.74, 6) is -0.256. The highest BCUT2D eigenvalue weighted by molar-refractivity contribution is 5.99. The lowest BCUT2D eigenvalue weighted by molar-refractivity contribution is -0.140. The fraction of sp³-hybridized carbons (Fsp3) is 0.636. The molecule has 0 unspecified atom stereocenters. The second-order valence-corrected chi connectivity index (χ2v) is 7.05. The topological polar surface area (TPSA) is 73.9 Å². The number of hydrogen-bond acceptors (Lipinski definition) is 5. The summed E-state index contributed by atoms with van der Waals surface area (Å²) in [4.78, 5) is 25.2. The second kappa shape index (κ2) is 11.7. The van der Waals surface area contributed by atoms with Gasteiger partial charge in [-0.25, -0.2) is 4.79 Å². The Hall–Kier alpha value is -2.08. The molecule has 0 fully saturated rings. The Morgan fingerprint density at radius 3 is 2.43 bits per heavy atom. The van der Waals surface area contributed by atoms with Crippen molar-refractivity contribution < 1.29 is 23.8 Å². The van der Waals surface area contributed by atoms with Crippen molar-refractivity contribution in [2.24, 2.45) is 0 Å². The Morgan fingerprint density at radius 1 is 1.14 bits per heavy atom. The van der Waals surface area contributed by atoms with E-state index in [1.54, 1.807) is 32.0 Å². The van der Waals surface area contributed by atoms with Gasteiger partial charge in [0.1, 0.15) is 16.9 Å². The first-order valence-electron chi connectivity index (χ1n) is 10.2. The van der Waals surface area contributed by atoms with Crippen molar-refractivity contribution in [2.75, 3.05) is 18.5 Å². The number of benzene rings is 1. The van der Waals surface area contributed by atoms with Gasteiger partial charge in [0.15, 0.2) is 0 Å². The molecule has 28 heavy (non-hydrogen) atoms. The van der Waals surface area contributed by atoms with Crippen molar-refractivity contribution in [1.82, 2.24) is 0 Å². The summed E-state index contributed by atoms with van der Waals surface area (Å²) in [5.41, 5.74) is -0.112. The minimum absolute atomic E-state index is 0.0380. The number of ether oxygens (including phenoxy) is 3. The van der Waals surface area contributed by atoms with Gasteiger partial charge in [-0.2, -0.15) is 0 Å². The molecule has 158 valence electrons. The minimum atomic E-state index is -0.916. The zero-order chi connectivity index (χ0) is 21.2. The number of anilines is 1. The maximum Gasteiger partial charge on any atom is 0.341 e. The predicted octanol–water partition coefficient (Wildman–Crippen LogP) is 4.96. The summed E-state index contributed by atoms with van der Waals surface area (Å²) in [6.07, 6.45) is 3.04. The summed E-state index contributed by atoms with van der Waals surface area (Å²) in [6, 6.07) is 5.02. The minimum Gasteiger partial charge on any atom is -0.490 e. The Morgan fingerprint density at radius 2 is 1.86 bits per heavy atom. The molecule has 0 aromatic heterocycles. The molecule has 1 aromatic carbocycles. The van der Waals surface area contributed by atoms with E-state index >= 15 is 0 Å². The maximum atomic E-state index is 12.9. The van der Waals surface area contributed by atoms with Gasteiger partial charge in [0, 0.05) is 12.3 Å². The average molecular weight is 394 g/mol. The van der Waals surface area contributed by atoms with Gasteiger partial charge in [-0.1, -0.05) is 27.2 Å². The first kappa shape index (κ1) is 24.0. The number of rotatable bonds is 12. The van der Waals surface area contributed by atoms with Crippen LogP contribution in [-0.2, 0) is 14.3 Å². The van der Waals surface area contributed by atoms with Gasteiger partial charge in [0.2, 0.25) is 0 Å². The van der Waals surface area contributed by atoms with Crippen LogP contribution in [-0.4, -0.2) is 36.8 Å². The predicted molar refractivity (Wildman–Crippen MR) is 111 cm³/mol. The molecule has 1 rings (SSSR count). The monoisotopic (exact) mass is 393 g/mol. The lowest BCUT2D eigenvalue weighted by Crippen LogP contribution is -2.43. The third-order valence-electron chi connectivity index (χ3n) is 4.47. The molecule has 6 heteroatoms. The summed E-state index contributed by atoms with van der Waals surface area (Å²) < 4.78 is 16.8. The average Bonchev–Trinajstić information content (AvgIpc) is 2.67. The first-order chi connectivity index (χ1) is 13.3. The van der Waals surface area contributed by atoms with Crippen LogP contribution in [0.3, 0.4) is 0 Å². The van der Waals surface area contributed by atoms with Crippen LogP contribution in [0, 0.1) is 0 Å². The molecule has 0 radical (unpaired) electrons. The van der Waals surface area contributed by atoms with Crippen LogP contribution in [0.2, 0.25) is 0 Å². The molecule has 0 spiro atoms. The fourth-order valence-corrected chi connectivity index (χ4v) is 2.70. The van der Waals surface area contributed by atoms with Crippen molar-refractivity contribution in [2.45, 2.75) is 78.9 Å². The second-order valence-electron chi connectivity index (χ2n) is 7.05. The normalized spacial score (nSPS) is 14.1. The summed E-state index contributed by atoms with van der Waals surface area (Å²) in [6.45, 7) is 12.3. The van der Waals surface area contributed by atoms with Gasteiger partial charge in [0.05, 0.1) is 12.7 Å². The van der Waals surface area contributed by atoms with E-state index in [-0.39, 0.29) is 18.6 Å². The van der Waals surface area contributed by atoms with E-state index in [4.69, 9.17) is 14.2 Å². The molecule has 1 N–H and O–H groups in total. The van der Waals surface area contributed by atoms with Gasteiger partial charge in [0.25, 0.3) is 5.91 Å². The number of carbonyl (C=O) groups is 2. The van der Waals surface area contributed by atoms with Crippen molar-refractivity contribution in [3.05, 3.63) is 23.8 Å². The Bertz CT molecular complexity index is 646. The van der Waals surface area contributed by atoms with E-state index in [1.807, 2.05) is 27.7 Å². The van der Waals surface area contributed by atoms with E-state index in [9.17, 15) is 9.59 Å². The van der Waals surface area contributed by atoms with Crippen LogP contribution in [0.1, 0.15) is 77.6 Å². The van der Waals surface area contributed by atoms with Crippen molar-refractivity contribution in [1.29, 1.82) is 0 Å². The quantitative estimate of drug-likeness (QED) is 0.508. The number of amides is 1. The molecule has 6 nitrogen and oxygen atoms in total. The molecule has 2 atom stereocenters. The van der Waals surface area contributed by atoms with Crippen LogP contribution in [0.25, 0.3) is 0 Å². The third kappa shape index (κ3) is 6.82. The van der Waals surface area contributed by atoms with Crippen molar-refractivity contribution in [3.8, 4) is 5.75 Å². The lowest BCUT2D eigenvalue weighted by Gasteiger charge is -2.28. The SMILES string of the molecule is CCCO[C@@](C)(CCC)C(=O)Nc1ccc(O[C@H](C)CC)c(C(=O)OCC)c1. The highest BCUT2D eigenvalue weighted by Crippen LogP contribution is 2.27. The van der Waals surface area contributed by atoms with E-state index in [0.717, 1.165) is 19.3 Å². The van der Waals surface area contributed by atoms with Crippen LogP contribution in [0.15, 0.2) is 18.2 Å². The van der Waals surface area contributed by atoms with Crippen LogP contribution in [0.5, 0.6) is 5.75 Å². The van der Waals surface area contributed by atoms with Crippen LogP contribution < -0.4 is 10.1 Å². The Balaban J connectivity index is 3.11. The molecule has 0 saturated heterocycles. The van der Waals surface area contributed by atoms with E-state index in [2.05, 4.69) is 5.32 Å². The summed E-state index contributed by atoms with van der Waals surface area (Å²) in [7, 11) is 0. The molecule has 0 aliphatic rings. The number of carbonyl (C=O) groups excluding carboxylic acids is 2. The van der Waals surface area contributed by atoms with Crippen LogP contribution in [0.4, 0.5) is 5.69 Å². The molecule has 0 aliphatic heterocycles. The van der Waals surface area contributed by atoms with Gasteiger partial charge in [-0.05, 0) is 58.2 Å². The molecule has 0 saturated carbocycles. The number of nitrogens with one attached hydrogen (secondary N) is 1. The van der Waals surface area contributed by atoms with Crippen LogP contribution >= 0.6 is 0 Å². The molecule has 0 heterocycles. The lowest BCUT2D eigenvalue weighted by atomic mass is 9.98. The van der Waals surface area contributed by atoms with Gasteiger partial charge < -0.3 is 19.5 Å². The number of hydrogen-bond donors (Lipinski definition) is 1. The molecule has 0 bridgehead atoms. The van der Waals surface area contributed by atoms with Crippen molar-refractivity contribution >= 4 is 17.6 Å². The molecule has 1 aromatic rings. The molecule has 0 aliphatic carbocycles. The van der Waals surface area contributed by atoms with E-state index < -0.39 is 11.6 Å². The van der Waals surface area contributed by atoms with Gasteiger partial charge in [-0.3, -0.25) is 4.79 Å². The number of esters is 1. The zero-order valence-corrected chi connectivity index (χ0v) is 18.1. The van der Waals surface area contributed by atoms with Gasteiger partial charge in [-0.15, -0.1) is 0 Å². The first-order valence-corrected chi connectivity index (χ1v) is 10.2. The Kier molecular flexibility index (Phi) is 10.0. The summed E-state index contributed by atoms with van der Waals surface area (Å²) in [5, 5.41) is 2.88. The molecule has 1 amide bonds. The van der Waals surface area contributed by atoms with Crippen molar-refractivity contribution in [3.63, 3.8) is 0 Å². The smallest absolute Gasteiger partial charge is 0.341 e. The highest BCUT2D eigenvalue weighted by atomic mass is 16.5. The largest absolute Gasteiger partial charge is 0.490 e. The fourth-order valence-electron chi connectivity index (χ4n) is 2.70. The standard InChI is InChI=1S/C22H35NO5/c1-7-13-22(6,27-14-8-2)21(25)23-17-11-12-19(28-16(5)9-3)18(15-17)20(24)26-10-4/h11-12,15-16H,7-10,13-14H2,1-6H3,(H,23,25)/t16-,22+/m1/s1.